The fraction of sp³-hybridized carbons (Fsp3) is 0.471. The Labute approximate surface area is 132 Å². The number of hydrogen-bond acceptors (Lipinski definition) is 2. The lowest BCUT2D eigenvalue weighted by Crippen LogP contribution is -2.23. The summed E-state index contributed by atoms with van der Waals surface area (Å²) >= 11 is 6.28. The van der Waals surface area contributed by atoms with Crippen molar-refractivity contribution in [3.63, 3.8) is 0 Å². The normalized spacial score (nSPS) is 12.7. The molecule has 1 aromatic carbocycles. The van der Waals surface area contributed by atoms with Crippen LogP contribution in [0.2, 0.25) is 5.02 Å². The summed E-state index contributed by atoms with van der Waals surface area (Å²) in [5.41, 5.74) is 12.3. The van der Waals surface area contributed by atoms with Gasteiger partial charge in [0.1, 0.15) is 0 Å². The first-order valence-electron chi connectivity index (χ1n) is 7.38. The van der Waals surface area contributed by atoms with E-state index in [0.29, 0.717) is 0 Å². The Morgan fingerprint density at radius 2 is 2.00 bits per heavy atom. The Kier molecular flexibility index (Phi) is 5.07. The summed E-state index contributed by atoms with van der Waals surface area (Å²) < 4.78 is 1.94. The summed E-state index contributed by atoms with van der Waals surface area (Å²) in [5, 5.41) is 5.27. The van der Waals surface area contributed by atoms with Crippen LogP contribution in [-0.4, -0.2) is 15.8 Å². The van der Waals surface area contributed by atoms with E-state index in [2.05, 4.69) is 31.1 Å². The fourth-order valence-electron chi connectivity index (χ4n) is 2.71. The third kappa shape index (κ3) is 3.86. The molecule has 0 aliphatic carbocycles. The highest BCUT2D eigenvalue weighted by atomic mass is 35.5. The second-order valence-electron chi connectivity index (χ2n) is 5.87. The van der Waals surface area contributed by atoms with E-state index >= 15 is 0 Å². The molecule has 0 amide bonds. The number of rotatable bonds is 5. The van der Waals surface area contributed by atoms with Gasteiger partial charge < -0.3 is 5.73 Å². The average molecular weight is 306 g/mol. The highest BCUT2D eigenvalue weighted by molar-refractivity contribution is 6.31. The van der Waals surface area contributed by atoms with Crippen LogP contribution in [0.25, 0.3) is 0 Å². The van der Waals surface area contributed by atoms with E-state index in [9.17, 15) is 0 Å². The molecule has 2 aromatic rings. The maximum absolute atomic E-state index is 6.28. The lowest BCUT2D eigenvalue weighted by atomic mass is 9.98. The first-order valence-corrected chi connectivity index (χ1v) is 7.76. The maximum Gasteiger partial charge on any atom is 0.0628 e. The summed E-state index contributed by atoms with van der Waals surface area (Å²) in [4.78, 5) is 0. The molecular weight excluding hydrogens is 282 g/mol. The van der Waals surface area contributed by atoms with E-state index in [1.165, 1.54) is 16.8 Å². The van der Waals surface area contributed by atoms with Gasteiger partial charge in [-0.3, -0.25) is 4.68 Å². The predicted octanol–water partition coefficient (Wildman–Crippen LogP) is 3.50. The van der Waals surface area contributed by atoms with Crippen molar-refractivity contribution < 1.29 is 0 Å². The van der Waals surface area contributed by atoms with Crippen LogP contribution in [0.1, 0.15) is 34.5 Å². The van der Waals surface area contributed by atoms with Crippen LogP contribution in [-0.2, 0) is 19.9 Å². The largest absolute Gasteiger partial charge is 0.327 e. The number of nitrogens with zero attached hydrogens (tertiary/aromatic N) is 2. The molecule has 0 fully saturated rings. The molecule has 1 unspecified atom stereocenters. The number of benzene rings is 1. The molecule has 4 heteroatoms. The molecule has 1 aromatic heterocycles. The van der Waals surface area contributed by atoms with Crippen LogP contribution in [0.3, 0.4) is 0 Å². The molecule has 0 spiro atoms. The second kappa shape index (κ2) is 6.63. The van der Waals surface area contributed by atoms with Gasteiger partial charge in [0.2, 0.25) is 0 Å². The highest BCUT2D eigenvalue weighted by Gasteiger charge is 2.12. The zero-order chi connectivity index (χ0) is 15.6. The molecule has 1 heterocycles. The molecule has 0 saturated heterocycles. The van der Waals surface area contributed by atoms with Crippen LogP contribution in [0.5, 0.6) is 0 Å². The Hall–Kier alpha value is -1.32. The van der Waals surface area contributed by atoms with Crippen LogP contribution < -0.4 is 5.73 Å². The lowest BCUT2D eigenvalue weighted by Gasteiger charge is -2.13. The molecule has 0 saturated carbocycles. The van der Waals surface area contributed by atoms with E-state index < -0.39 is 0 Å². The molecule has 0 aliphatic heterocycles. The van der Waals surface area contributed by atoms with Gasteiger partial charge in [-0.25, -0.2) is 0 Å². The second-order valence-corrected chi connectivity index (χ2v) is 6.28. The van der Waals surface area contributed by atoms with Crippen molar-refractivity contribution in [3.05, 3.63) is 51.3 Å². The van der Waals surface area contributed by atoms with E-state index in [1.807, 2.05) is 24.7 Å². The van der Waals surface area contributed by atoms with Crippen molar-refractivity contribution in [2.75, 3.05) is 0 Å². The van der Waals surface area contributed by atoms with Crippen molar-refractivity contribution in [2.24, 2.45) is 12.8 Å². The third-order valence-corrected chi connectivity index (χ3v) is 4.47. The number of hydrogen-bond donors (Lipinski definition) is 1. The Balaban J connectivity index is 1.97. The van der Waals surface area contributed by atoms with E-state index in [1.54, 1.807) is 0 Å². The Bertz CT molecular complexity index is 631. The lowest BCUT2D eigenvalue weighted by molar-refractivity contribution is 0.608. The molecule has 2 N–H and O–H groups in total. The van der Waals surface area contributed by atoms with Gasteiger partial charge in [-0.2, -0.15) is 5.10 Å². The molecule has 3 nitrogen and oxygen atoms in total. The minimum Gasteiger partial charge on any atom is -0.327 e. The SMILES string of the molecule is Cc1ccc(CC(N)CCc2c(C)nn(C)c2C)c(Cl)c1. The highest BCUT2D eigenvalue weighted by Crippen LogP contribution is 2.20. The van der Waals surface area contributed by atoms with Crippen LogP contribution in [0.4, 0.5) is 0 Å². The van der Waals surface area contributed by atoms with Crippen molar-refractivity contribution >= 4 is 11.6 Å². The predicted molar refractivity (Wildman–Crippen MR) is 88.9 cm³/mol. The van der Waals surface area contributed by atoms with Gasteiger partial charge in [-0.05, 0) is 62.8 Å². The van der Waals surface area contributed by atoms with Crippen molar-refractivity contribution in [2.45, 2.75) is 46.1 Å². The van der Waals surface area contributed by atoms with Crippen molar-refractivity contribution in [1.82, 2.24) is 9.78 Å². The summed E-state index contributed by atoms with van der Waals surface area (Å²) in [6, 6.07) is 6.28. The van der Waals surface area contributed by atoms with Gasteiger partial charge in [0.25, 0.3) is 0 Å². The molecular formula is C17H24ClN3. The van der Waals surface area contributed by atoms with Crippen LogP contribution in [0.15, 0.2) is 18.2 Å². The van der Waals surface area contributed by atoms with E-state index in [4.69, 9.17) is 17.3 Å². The van der Waals surface area contributed by atoms with Gasteiger partial charge in [0.05, 0.1) is 5.69 Å². The molecule has 1 atom stereocenters. The Morgan fingerprint density at radius 1 is 1.29 bits per heavy atom. The van der Waals surface area contributed by atoms with Crippen molar-refractivity contribution in [1.29, 1.82) is 0 Å². The molecule has 0 aliphatic rings. The number of halogens is 1. The van der Waals surface area contributed by atoms with Gasteiger partial charge >= 0.3 is 0 Å². The maximum atomic E-state index is 6.28. The number of aromatic nitrogens is 2. The molecule has 0 bridgehead atoms. The summed E-state index contributed by atoms with van der Waals surface area (Å²) in [6.45, 7) is 6.21. The minimum absolute atomic E-state index is 0.115. The summed E-state index contributed by atoms with van der Waals surface area (Å²) in [5.74, 6) is 0. The topological polar surface area (TPSA) is 43.8 Å². The Morgan fingerprint density at radius 3 is 2.57 bits per heavy atom. The van der Waals surface area contributed by atoms with Gasteiger partial charge in [0.15, 0.2) is 0 Å². The zero-order valence-electron chi connectivity index (χ0n) is 13.3. The van der Waals surface area contributed by atoms with Crippen LogP contribution in [0, 0.1) is 20.8 Å². The number of aryl methyl sites for hydroxylation is 3. The van der Waals surface area contributed by atoms with Gasteiger partial charge in [0, 0.05) is 23.8 Å². The smallest absolute Gasteiger partial charge is 0.0628 e. The van der Waals surface area contributed by atoms with E-state index in [0.717, 1.165) is 35.5 Å². The monoisotopic (exact) mass is 305 g/mol. The molecule has 21 heavy (non-hydrogen) atoms. The van der Waals surface area contributed by atoms with Gasteiger partial charge in [-0.15, -0.1) is 0 Å². The fourth-order valence-corrected chi connectivity index (χ4v) is 3.02. The molecule has 114 valence electrons. The zero-order valence-corrected chi connectivity index (χ0v) is 14.0. The molecule has 2 rings (SSSR count). The quantitative estimate of drug-likeness (QED) is 0.919. The third-order valence-electron chi connectivity index (χ3n) is 4.11. The van der Waals surface area contributed by atoms with Crippen LogP contribution >= 0.6 is 11.6 Å². The summed E-state index contributed by atoms with van der Waals surface area (Å²) in [7, 11) is 1.98. The summed E-state index contributed by atoms with van der Waals surface area (Å²) in [6.07, 6.45) is 2.73. The first-order chi connectivity index (χ1) is 9.88. The van der Waals surface area contributed by atoms with E-state index in [-0.39, 0.29) is 6.04 Å². The van der Waals surface area contributed by atoms with Gasteiger partial charge in [-0.1, -0.05) is 23.7 Å². The standard InChI is InChI=1S/C17H24ClN3/c1-11-5-6-14(17(18)9-11)10-15(19)7-8-16-12(2)20-21(4)13(16)3/h5-6,9,15H,7-8,10,19H2,1-4H3. The number of nitrogens with two attached hydrogens (primary N) is 1. The molecule has 0 radical (unpaired) electrons. The first kappa shape index (κ1) is 16.1. The minimum atomic E-state index is 0.115. The average Bonchev–Trinajstić information content (AvgIpc) is 2.65. The van der Waals surface area contributed by atoms with Crippen molar-refractivity contribution in [3.8, 4) is 0 Å².